The summed E-state index contributed by atoms with van der Waals surface area (Å²) in [6.07, 6.45) is 1.93. The molecule has 1 heterocycles. The van der Waals surface area contributed by atoms with Crippen molar-refractivity contribution in [2.24, 2.45) is 0 Å². The van der Waals surface area contributed by atoms with Crippen LogP contribution in [0.2, 0.25) is 0 Å². The molecule has 2 amide bonds. The standard InChI is InChI=1S/C11H20N2O3S/c1-8(17(4)16)7-13-6-5-9(14)12-11(2,3)10(13)15/h8H,5-7H2,1-4H3,(H,12,14). The first-order valence-electron chi connectivity index (χ1n) is 5.66. The second kappa shape index (κ2) is 5.16. The molecule has 5 nitrogen and oxygen atoms in total. The number of rotatable bonds is 3. The van der Waals surface area contributed by atoms with Gasteiger partial charge in [-0.05, 0) is 20.8 Å². The summed E-state index contributed by atoms with van der Waals surface area (Å²) in [4.78, 5) is 25.3. The minimum Gasteiger partial charge on any atom is -0.342 e. The fourth-order valence-electron chi connectivity index (χ4n) is 1.79. The van der Waals surface area contributed by atoms with Crippen LogP contribution in [0.25, 0.3) is 0 Å². The third-order valence-corrected chi connectivity index (χ3v) is 4.21. The van der Waals surface area contributed by atoms with Gasteiger partial charge in [0.2, 0.25) is 11.8 Å². The van der Waals surface area contributed by atoms with Crippen LogP contribution >= 0.6 is 0 Å². The summed E-state index contributed by atoms with van der Waals surface area (Å²) < 4.78 is 11.3. The summed E-state index contributed by atoms with van der Waals surface area (Å²) in [5, 5.41) is 2.61. The fraction of sp³-hybridized carbons (Fsp3) is 0.818. The van der Waals surface area contributed by atoms with Gasteiger partial charge >= 0.3 is 0 Å². The molecular formula is C11H20N2O3S. The topological polar surface area (TPSA) is 66.5 Å². The highest BCUT2D eigenvalue weighted by Crippen LogP contribution is 2.14. The third kappa shape index (κ3) is 3.52. The van der Waals surface area contributed by atoms with E-state index in [-0.39, 0.29) is 17.1 Å². The predicted molar refractivity (Wildman–Crippen MR) is 66.9 cm³/mol. The van der Waals surface area contributed by atoms with E-state index >= 15 is 0 Å². The molecule has 1 N–H and O–H groups in total. The number of nitrogens with one attached hydrogen (secondary N) is 1. The normalized spacial score (nSPS) is 23.9. The Morgan fingerprint density at radius 1 is 1.47 bits per heavy atom. The van der Waals surface area contributed by atoms with Gasteiger partial charge in [0.05, 0.1) is 0 Å². The zero-order chi connectivity index (χ0) is 13.2. The van der Waals surface area contributed by atoms with E-state index < -0.39 is 16.3 Å². The first kappa shape index (κ1) is 14.2. The molecule has 0 aliphatic carbocycles. The number of carbonyl (C=O) groups is 2. The summed E-state index contributed by atoms with van der Waals surface area (Å²) in [5.74, 6) is -0.225. The second-order valence-corrected chi connectivity index (χ2v) is 6.79. The molecule has 1 aliphatic rings. The van der Waals surface area contributed by atoms with Crippen LogP contribution < -0.4 is 5.32 Å². The Morgan fingerprint density at radius 2 is 2.06 bits per heavy atom. The average Bonchev–Trinajstić information content (AvgIpc) is 2.29. The van der Waals surface area contributed by atoms with Crippen LogP contribution in [0.5, 0.6) is 0 Å². The molecule has 0 saturated carbocycles. The summed E-state index contributed by atoms with van der Waals surface area (Å²) >= 11 is 0. The van der Waals surface area contributed by atoms with Crippen LogP contribution in [0.4, 0.5) is 0 Å². The molecule has 0 radical (unpaired) electrons. The fourth-order valence-corrected chi connectivity index (χ4v) is 2.18. The van der Waals surface area contributed by atoms with Crippen molar-refractivity contribution in [2.45, 2.75) is 38.0 Å². The van der Waals surface area contributed by atoms with Gasteiger partial charge in [-0.1, -0.05) is 0 Å². The molecule has 1 aliphatic heterocycles. The van der Waals surface area contributed by atoms with Crippen LogP contribution in [0, 0.1) is 0 Å². The van der Waals surface area contributed by atoms with Gasteiger partial charge in [0, 0.05) is 41.8 Å². The molecule has 2 atom stereocenters. The first-order valence-corrected chi connectivity index (χ1v) is 7.29. The van der Waals surface area contributed by atoms with Gasteiger partial charge in [0.1, 0.15) is 5.54 Å². The molecule has 0 aromatic heterocycles. The van der Waals surface area contributed by atoms with Gasteiger partial charge in [0.25, 0.3) is 0 Å². The van der Waals surface area contributed by atoms with Gasteiger partial charge in [0.15, 0.2) is 0 Å². The van der Waals surface area contributed by atoms with Crippen LogP contribution in [0.3, 0.4) is 0 Å². The second-order valence-electron chi connectivity index (χ2n) is 4.98. The molecule has 6 heteroatoms. The molecule has 17 heavy (non-hydrogen) atoms. The maximum Gasteiger partial charge on any atom is 0.247 e. The Labute approximate surface area is 104 Å². The van der Waals surface area contributed by atoms with E-state index in [4.69, 9.17) is 0 Å². The van der Waals surface area contributed by atoms with Gasteiger partial charge < -0.3 is 10.2 Å². The van der Waals surface area contributed by atoms with Crippen LogP contribution in [0.1, 0.15) is 27.2 Å². The van der Waals surface area contributed by atoms with Crippen molar-refractivity contribution in [1.29, 1.82) is 0 Å². The lowest BCUT2D eigenvalue weighted by Crippen LogP contribution is -2.53. The maximum absolute atomic E-state index is 12.2. The quantitative estimate of drug-likeness (QED) is 0.769. The molecule has 1 saturated heterocycles. The van der Waals surface area contributed by atoms with E-state index in [2.05, 4.69) is 5.32 Å². The minimum absolute atomic E-state index is 0.0806. The van der Waals surface area contributed by atoms with Crippen LogP contribution in [-0.4, -0.2) is 51.1 Å². The highest BCUT2D eigenvalue weighted by atomic mass is 32.2. The van der Waals surface area contributed by atoms with E-state index in [0.717, 1.165) is 0 Å². The largest absolute Gasteiger partial charge is 0.342 e. The van der Waals surface area contributed by atoms with Crippen molar-refractivity contribution in [1.82, 2.24) is 10.2 Å². The molecule has 98 valence electrons. The van der Waals surface area contributed by atoms with E-state index in [0.29, 0.717) is 19.5 Å². The Hall–Kier alpha value is -0.910. The lowest BCUT2D eigenvalue weighted by atomic mass is 10.0. The predicted octanol–water partition coefficient (Wildman–Crippen LogP) is -0.119. The summed E-state index contributed by atoms with van der Waals surface area (Å²) in [6, 6.07) is 0. The van der Waals surface area contributed by atoms with E-state index in [1.165, 1.54) is 0 Å². The molecule has 1 fully saturated rings. The molecule has 0 aromatic rings. The van der Waals surface area contributed by atoms with Gasteiger partial charge in [-0.15, -0.1) is 0 Å². The Bertz CT molecular complexity index is 355. The zero-order valence-corrected chi connectivity index (χ0v) is 11.6. The maximum atomic E-state index is 12.2. The van der Waals surface area contributed by atoms with Crippen molar-refractivity contribution < 1.29 is 13.8 Å². The van der Waals surface area contributed by atoms with Crippen molar-refractivity contribution in [3.63, 3.8) is 0 Å². The SMILES string of the molecule is CC(CN1CCC(=O)NC(C)(C)C1=O)S(C)=O. The van der Waals surface area contributed by atoms with Crippen molar-refractivity contribution in [3.8, 4) is 0 Å². The molecule has 1 rings (SSSR count). The summed E-state index contributed by atoms with van der Waals surface area (Å²) in [5.41, 5.74) is -0.872. The molecule has 0 spiro atoms. The average molecular weight is 260 g/mol. The number of amides is 2. The zero-order valence-electron chi connectivity index (χ0n) is 10.8. The van der Waals surface area contributed by atoms with Gasteiger partial charge in [-0.3, -0.25) is 13.8 Å². The van der Waals surface area contributed by atoms with Crippen molar-refractivity contribution in [3.05, 3.63) is 0 Å². The molecule has 2 unspecified atom stereocenters. The van der Waals surface area contributed by atoms with Gasteiger partial charge in [-0.25, -0.2) is 0 Å². The Balaban J connectivity index is 2.81. The van der Waals surface area contributed by atoms with Crippen molar-refractivity contribution in [2.75, 3.05) is 19.3 Å². The lowest BCUT2D eigenvalue weighted by molar-refractivity contribution is -0.137. The minimum atomic E-state index is -0.965. The monoisotopic (exact) mass is 260 g/mol. The van der Waals surface area contributed by atoms with Crippen molar-refractivity contribution >= 4 is 22.6 Å². The van der Waals surface area contributed by atoms with E-state index in [1.54, 1.807) is 25.0 Å². The molecular weight excluding hydrogens is 240 g/mol. The first-order chi connectivity index (χ1) is 7.74. The third-order valence-electron chi connectivity index (χ3n) is 2.93. The number of nitrogens with zero attached hydrogens (tertiary/aromatic N) is 1. The van der Waals surface area contributed by atoms with Gasteiger partial charge in [-0.2, -0.15) is 0 Å². The Kier molecular flexibility index (Phi) is 4.30. The van der Waals surface area contributed by atoms with Crippen LogP contribution in [-0.2, 0) is 20.4 Å². The Morgan fingerprint density at radius 3 is 2.59 bits per heavy atom. The number of carbonyl (C=O) groups excluding carboxylic acids is 2. The number of hydrogen-bond acceptors (Lipinski definition) is 3. The highest BCUT2D eigenvalue weighted by Gasteiger charge is 2.36. The smallest absolute Gasteiger partial charge is 0.247 e. The van der Waals surface area contributed by atoms with E-state index in [1.807, 2.05) is 6.92 Å². The number of hydrogen-bond donors (Lipinski definition) is 1. The van der Waals surface area contributed by atoms with E-state index in [9.17, 15) is 13.8 Å². The highest BCUT2D eigenvalue weighted by molar-refractivity contribution is 7.84. The molecule has 0 aromatic carbocycles. The summed E-state index contributed by atoms with van der Waals surface area (Å²) in [6.45, 7) is 6.06. The lowest BCUT2D eigenvalue weighted by Gasteiger charge is -2.30. The summed E-state index contributed by atoms with van der Waals surface area (Å²) in [7, 11) is -0.965. The molecule has 0 bridgehead atoms. The van der Waals surface area contributed by atoms with Crippen LogP contribution in [0.15, 0.2) is 0 Å².